The summed E-state index contributed by atoms with van der Waals surface area (Å²) in [6.45, 7) is 10.0. The van der Waals surface area contributed by atoms with E-state index >= 15 is 0 Å². The van der Waals surface area contributed by atoms with Crippen LogP contribution in [0.25, 0.3) is 0 Å². The monoisotopic (exact) mass is 285 g/mol. The zero-order valence-corrected chi connectivity index (χ0v) is 12.9. The summed E-state index contributed by atoms with van der Waals surface area (Å²) >= 11 is 6.05. The molecule has 0 radical (unpaired) electrons. The van der Waals surface area contributed by atoms with Gasteiger partial charge >= 0.3 is 0 Å². The largest absolute Gasteiger partial charge is 0.492 e. The number of hydrogen-bond donors (Lipinski definition) is 2. The zero-order chi connectivity index (χ0) is 14.5. The SMILES string of the molecule is C[C@@H](O)CNCCOc1ccc(Cl)cc1C(C)(C)C. The molecule has 1 atom stereocenters. The van der Waals surface area contributed by atoms with E-state index in [1.165, 1.54) is 0 Å². The van der Waals surface area contributed by atoms with Gasteiger partial charge in [-0.3, -0.25) is 0 Å². The number of halogens is 1. The van der Waals surface area contributed by atoms with Crippen LogP contribution in [0.4, 0.5) is 0 Å². The fourth-order valence-corrected chi connectivity index (χ4v) is 1.93. The van der Waals surface area contributed by atoms with Crippen LogP contribution in [-0.4, -0.2) is 30.9 Å². The van der Waals surface area contributed by atoms with Crippen molar-refractivity contribution in [3.05, 3.63) is 28.8 Å². The molecule has 2 N–H and O–H groups in total. The number of rotatable bonds is 6. The molecule has 0 saturated heterocycles. The average molecular weight is 286 g/mol. The number of nitrogens with one attached hydrogen (secondary N) is 1. The van der Waals surface area contributed by atoms with E-state index in [-0.39, 0.29) is 11.5 Å². The predicted molar refractivity (Wildman–Crippen MR) is 80.2 cm³/mol. The molecule has 0 spiro atoms. The molecule has 0 unspecified atom stereocenters. The van der Waals surface area contributed by atoms with Crippen molar-refractivity contribution in [1.29, 1.82) is 0 Å². The maximum Gasteiger partial charge on any atom is 0.123 e. The summed E-state index contributed by atoms with van der Waals surface area (Å²) in [5.74, 6) is 0.871. The van der Waals surface area contributed by atoms with E-state index < -0.39 is 0 Å². The van der Waals surface area contributed by atoms with Gasteiger partial charge in [0, 0.05) is 23.7 Å². The minimum absolute atomic E-state index is 0.00667. The van der Waals surface area contributed by atoms with Crippen LogP contribution < -0.4 is 10.1 Å². The average Bonchev–Trinajstić information content (AvgIpc) is 2.28. The topological polar surface area (TPSA) is 41.5 Å². The maximum atomic E-state index is 9.13. The smallest absolute Gasteiger partial charge is 0.123 e. The number of aliphatic hydroxyl groups excluding tert-OH is 1. The molecule has 0 aliphatic heterocycles. The quantitative estimate of drug-likeness (QED) is 0.790. The Morgan fingerprint density at radius 2 is 2.05 bits per heavy atom. The highest BCUT2D eigenvalue weighted by Crippen LogP contribution is 2.33. The van der Waals surface area contributed by atoms with Crippen LogP contribution in [0.2, 0.25) is 5.02 Å². The van der Waals surface area contributed by atoms with Crippen LogP contribution >= 0.6 is 11.6 Å². The van der Waals surface area contributed by atoms with Gasteiger partial charge in [0.05, 0.1) is 6.10 Å². The van der Waals surface area contributed by atoms with E-state index in [1.807, 2.05) is 18.2 Å². The second-order valence-corrected chi connectivity index (χ2v) is 6.23. The molecule has 0 heterocycles. The lowest BCUT2D eigenvalue weighted by Gasteiger charge is -2.23. The van der Waals surface area contributed by atoms with Crippen molar-refractivity contribution in [2.24, 2.45) is 0 Å². The van der Waals surface area contributed by atoms with Crippen molar-refractivity contribution >= 4 is 11.6 Å². The Hall–Kier alpha value is -0.770. The standard InChI is InChI=1S/C15H24ClNO2/c1-11(18)10-17-7-8-19-14-6-5-12(16)9-13(14)15(2,3)4/h5-6,9,11,17-18H,7-8,10H2,1-4H3/t11-/m1/s1. The lowest BCUT2D eigenvalue weighted by atomic mass is 9.86. The number of aliphatic hydroxyl groups is 1. The van der Waals surface area contributed by atoms with Crippen LogP contribution in [0.1, 0.15) is 33.3 Å². The summed E-state index contributed by atoms with van der Waals surface area (Å²) in [5, 5.41) is 13.0. The molecule has 19 heavy (non-hydrogen) atoms. The maximum absolute atomic E-state index is 9.13. The Morgan fingerprint density at radius 1 is 1.37 bits per heavy atom. The molecule has 0 aromatic heterocycles. The molecule has 0 aliphatic rings. The Labute approximate surface area is 120 Å². The van der Waals surface area contributed by atoms with Gasteiger partial charge in [0.2, 0.25) is 0 Å². The second kappa shape index (κ2) is 7.13. The Kier molecular flexibility index (Phi) is 6.11. The molecule has 0 fully saturated rings. The van der Waals surface area contributed by atoms with E-state index in [2.05, 4.69) is 26.1 Å². The van der Waals surface area contributed by atoms with E-state index in [9.17, 15) is 0 Å². The van der Waals surface area contributed by atoms with Gasteiger partial charge in [-0.15, -0.1) is 0 Å². The lowest BCUT2D eigenvalue weighted by Crippen LogP contribution is -2.28. The van der Waals surface area contributed by atoms with Crippen molar-refractivity contribution in [2.75, 3.05) is 19.7 Å². The van der Waals surface area contributed by atoms with Gasteiger partial charge in [0.15, 0.2) is 0 Å². The molecule has 0 aliphatic carbocycles. The zero-order valence-electron chi connectivity index (χ0n) is 12.2. The van der Waals surface area contributed by atoms with Crippen LogP contribution in [0.15, 0.2) is 18.2 Å². The second-order valence-electron chi connectivity index (χ2n) is 5.79. The van der Waals surface area contributed by atoms with Gasteiger partial charge in [-0.25, -0.2) is 0 Å². The van der Waals surface area contributed by atoms with Crippen molar-refractivity contribution in [1.82, 2.24) is 5.32 Å². The van der Waals surface area contributed by atoms with Crippen LogP contribution in [0.3, 0.4) is 0 Å². The molecule has 1 aromatic carbocycles. The summed E-state index contributed by atoms with van der Waals surface area (Å²) in [6, 6.07) is 5.72. The third kappa shape index (κ3) is 5.81. The minimum atomic E-state index is -0.333. The van der Waals surface area contributed by atoms with Gasteiger partial charge < -0.3 is 15.2 Å². The number of benzene rings is 1. The molecule has 108 valence electrons. The van der Waals surface area contributed by atoms with Gasteiger partial charge in [-0.05, 0) is 30.5 Å². The first-order valence-corrected chi connectivity index (χ1v) is 7.00. The van der Waals surface area contributed by atoms with Crippen LogP contribution in [-0.2, 0) is 5.41 Å². The molecule has 1 aromatic rings. The Morgan fingerprint density at radius 3 is 2.63 bits per heavy atom. The van der Waals surface area contributed by atoms with E-state index in [4.69, 9.17) is 21.4 Å². The predicted octanol–water partition coefficient (Wildman–Crippen LogP) is 2.99. The van der Waals surface area contributed by atoms with E-state index in [0.29, 0.717) is 19.7 Å². The van der Waals surface area contributed by atoms with Crippen molar-refractivity contribution in [3.8, 4) is 5.75 Å². The summed E-state index contributed by atoms with van der Waals surface area (Å²) in [4.78, 5) is 0. The van der Waals surface area contributed by atoms with Crippen LogP contribution in [0, 0.1) is 0 Å². The van der Waals surface area contributed by atoms with Crippen molar-refractivity contribution in [2.45, 2.75) is 39.2 Å². The van der Waals surface area contributed by atoms with Crippen molar-refractivity contribution in [3.63, 3.8) is 0 Å². The molecule has 0 saturated carbocycles. The first-order chi connectivity index (χ1) is 8.80. The molecular weight excluding hydrogens is 262 g/mol. The number of hydrogen-bond acceptors (Lipinski definition) is 3. The minimum Gasteiger partial charge on any atom is -0.492 e. The van der Waals surface area contributed by atoms with Gasteiger partial charge in [-0.1, -0.05) is 32.4 Å². The normalized spacial score (nSPS) is 13.4. The highest BCUT2D eigenvalue weighted by atomic mass is 35.5. The summed E-state index contributed by atoms with van der Waals surface area (Å²) < 4.78 is 5.80. The third-order valence-electron chi connectivity index (χ3n) is 2.73. The Bertz CT molecular complexity index is 400. The van der Waals surface area contributed by atoms with Gasteiger partial charge in [-0.2, -0.15) is 0 Å². The molecule has 0 bridgehead atoms. The van der Waals surface area contributed by atoms with E-state index in [0.717, 1.165) is 16.3 Å². The summed E-state index contributed by atoms with van der Waals surface area (Å²) in [6.07, 6.45) is -0.333. The lowest BCUT2D eigenvalue weighted by molar-refractivity contribution is 0.188. The fourth-order valence-electron chi connectivity index (χ4n) is 1.76. The first-order valence-electron chi connectivity index (χ1n) is 6.62. The van der Waals surface area contributed by atoms with Gasteiger partial charge in [0.25, 0.3) is 0 Å². The van der Waals surface area contributed by atoms with Gasteiger partial charge in [0.1, 0.15) is 12.4 Å². The fraction of sp³-hybridized carbons (Fsp3) is 0.600. The summed E-state index contributed by atoms with van der Waals surface area (Å²) in [5.41, 5.74) is 1.10. The highest BCUT2D eigenvalue weighted by molar-refractivity contribution is 6.30. The highest BCUT2D eigenvalue weighted by Gasteiger charge is 2.19. The summed E-state index contributed by atoms with van der Waals surface area (Å²) in [7, 11) is 0. The third-order valence-corrected chi connectivity index (χ3v) is 2.96. The number of ether oxygens (including phenoxy) is 1. The van der Waals surface area contributed by atoms with Crippen LogP contribution in [0.5, 0.6) is 5.75 Å². The Balaban J connectivity index is 2.58. The molecule has 3 nitrogen and oxygen atoms in total. The van der Waals surface area contributed by atoms with E-state index in [1.54, 1.807) is 6.92 Å². The molecular formula is C15H24ClNO2. The molecule has 4 heteroatoms. The molecule has 0 amide bonds. The molecule has 1 rings (SSSR count). The first kappa shape index (κ1) is 16.3. The van der Waals surface area contributed by atoms with Crippen molar-refractivity contribution < 1.29 is 9.84 Å².